The average molecular weight is 635 g/mol. The molecule has 0 aromatic carbocycles. The monoisotopic (exact) mass is 635 g/mol. The average Bonchev–Trinajstić information content (AvgIpc) is 2.81. The second kappa shape index (κ2) is 19.6. The summed E-state index contributed by atoms with van der Waals surface area (Å²) in [7, 11) is 3.16. The molecule has 2 N–H and O–H groups in total. The number of hydrogen-bond donors (Lipinski definition) is 2. The van der Waals surface area contributed by atoms with Gasteiger partial charge in [0.2, 0.25) is 0 Å². The Bertz CT molecular complexity index is 767. The summed E-state index contributed by atoms with van der Waals surface area (Å²) in [6.45, 7) is 4.44. The van der Waals surface area contributed by atoms with Crippen LogP contribution in [0.3, 0.4) is 0 Å². The van der Waals surface area contributed by atoms with Crippen molar-refractivity contribution in [3.63, 3.8) is 0 Å². The van der Waals surface area contributed by atoms with E-state index in [0.717, 1.165) is 39.0 Å². The minimum Gasteiger partial charge on any atom is -1.00 e. The van der Waals surface area contributed by atoms with E-state index in [9.17, 15) is 9.59 Å². The Labute approximate surface area is 232 Å². The molecule has 2 aliphatic carbocycles. The maximum Gasteiger partial charge on any atom is 3.00 e. The van der Waals surface area contributed by atoms with Crippen LogP contribution in [0.25, 0.3) is 10.6 Å². The molecule has 0 aromatic heterocycles. The second-order valence-corrected chi connectivity index (χ2v) is 7.05. The summed E-state index contributed by atoms with van der Waals surface area (Å²) >= 11 is 0. The molecule has 8 nitrogen and oxygen atoms in total. The fourth-order valence-corrected chi connectivity index (χ4v) is 2.85. The summed E-state index contributed by atoms with van der Waals surface area (Å²) < 4.78 is 10.3. The zero-order valence-corrected chi connectivity index (χ0v) is 24.3. The van der Waals surface area contributed by atoms with Crippen LogP contribution in [0.1, 0.15) is 12.8 Å². The van der Waals surface area contributed by atoms with Gasteiger partial charge in [0.25, 0.3) is 0 Å². The van der Waals surface area contributed by atoms with Gasteiger partial charge in [0.15, 0.2) is 11.6 Å². The molecule has 0 heterocycles. The van der Waals surface area contributed by atoms with Gasteiger partial charge in [-0.3, -0.25) is 9.59 Å². The molecule has 182 valence electrons. The van der Waals surface area contributed by atoms with Gasteiger partial charge in [0.1, 0.15) is 11.5 Å². The molecule has 0 spiro atoms. The van der Waals surface area contributed by atoms with Crippen molar-refractivity contribution in [2.24, 2.45) is 0 Å². The fourth-order valence-electron chi connectivity index (χ4n) is 2.85. The minimum absolute atomic E-state index is 0. The largest absolute Gasteiger partial charge is 3.00 e. The van der Waals surface area contributed by atoms with Gasteiger partial charge >= 0.3 is 19.8 Å². The minimum atomic E-state index is -0.0341. The van der Waals surface area contributed by atoms with E-state index in [1.165, 1.54) is 12.2 Å². The molecule has 10 heteroatoms. The van der Waals surface area contributed by atoms with Crippen LogP contribution in [0.5, 0.6) is 0 Å². The second-order valence-electron chi connectivity index (χ2n) is 7.05. The Morgan fingerprint density at radius 2 is 1.15 bits per heavy atom. The maximum atomic E-state index is 11.8. The summed E-state index contributed by atoms with van der Waals surface area (Å²) in [6.07, 6.45) is 15.0. The van der Waals surface area contributed by atoms with Crippen molar-refractivity contribution >= 4 is 31.4 Å². The smallest absolute Gasteiger partial charge is 1.00 e. The Kier molecular flexibility index (Phi) is 18.6. The predicted molar refractivity (Wildman–Crippen MR) is 132 cm³/mol. The molecule has 0 aliphatic heterocycles. The molecule has 0 saturated carbocycles. The number of ether oxygens (including phenoxy) is 2. The molecule has 0 atom stereocenters. The standard InChI is InChI=1S/C24H32N4O4.Ga.HI/c1-31-21-5-7-23(29)19(15-21)17-27-11-3-9-25-13-14-26-10-4-12-28-18-20-16-22(32-2)6-8-24(20)30;;/h5-8,15-18,27-28H,3-4,9-14H2,1-2H3;;1H/q-2;+3;/p-1/b19-17-,20-18+;;/i;1-2;. The Morgan fingerprint density at radius 3 is 1.53 bits per heavy atom. The first-order valence-corrected chi connectivity index (χ1v) is 10.7. The van der Waals surface area contributed by atoms with Gasteiger partial charge in [0.05, 0.1) is 14.2 Å². The molecule has 2 aliphatic rings. The van der Waals surface area contributed by atoms with Crippen molar-refractivity contribution in [3.8, 4) is 0 Å². The summed E-state index contributed by atoms with van der Waals surface area (Å²) in [5, 5.41) is 15.2. The van der Waals surface area contributed by atoms with E-state index in [1.54, 1.807) is 50.9 Å². The third-order valence-electron chi connectivity index (χ3n) is 4.64. The molecule has 0 saturated heterocycles. The van der Waals surface area contributed by atoms with Crippen molar-refractivity contribution in [1.29, 1.82) is 0 Å². The first-order chi connectivity index (χ1) is 15.6. The number of hydrogen-bond acceptors (Lipinski definition) is 6. The molecule has 0 radical (unpaired) electrons. The van der Waals surface area contributed by atoms with E-state index in [4.69, 9.17) is 9.47 Å². The Balaban J connectivity index is 0.00000544. The molecule has 34 heavy (non-hydrogen) atoms. The number of allylic oxidation sites excluding steroid dienone is 8. The first kappa shape index (κ1) is 32.3. The number of carbonyl (C=O) groups excluding carboxylic acids is 2. The zero-order chi connectivity index (χ0) is 23.0. The molecule has 0 fully saturated rings. The normalized spacial score (nSPS) is 17.0. The number of halogens is 1. The SMILES string of the molecule is COC1=C/C(=C/NCCC[N-]CC[N-]CCCN/C=C2\C=C(OC)C=CC2=O)C(=O)C=C1.[68Ga+3].[I-]. The van der Waals surface area contributed by atoms with E-state index in [-0.39, 0.29) is 55.3 Å². The first-order valence-electron chi connectivity index (χ1n) is 10.7. The summed E-state index contributed by atoms with van der Waals surface area (Å²) in [4.78, 5) is 23.5. The van der Waals surface area contributed by atoms with Gasteiger partial charge < -0.3 is 54.7 Å². The quantitative estimate of drug-likeness (QED) is 0.108. The van der Waals surface area contributed by atoms with E-state index in [2.05, 4.69) is 21.3 Å². The van der Waals surface area contributed by atoms with E-state index >= 15 is 0 Å². The predicted octanol–water partition coefficient (Wildman–Crippen LogP) is -0.577. The molecule has 2 rings (SSSR count). The third-order valence-corrected chi connectivity index (χ3v) is 4.64. The van der Waals surface area contributed by atoms with E-state index < -0.39 is 0 Å². The third kappa shape index (κ3) is 12.7. The number of rotatable bonds is 15. The molecular weight excluding hydrogens is 603 g/mol. The van der Waals surface area contributed by atoms with Crippen LogP contribution in [0, 0.1) is 0 Å². The number of carbonyl (C=O) groups is 2. The van der Waals surface area contributed by atoms with Gasteiger partial charge in [-0.05, 0) is 36.5 Å². The van der Waals surface area contributed by atoms with E-state index in [1.807, 2.05) is 0 Å². The topological polar surface area (TPSA) is 105 Å². The van der Waals surface area contributed by atoms with Crippen LogP contribution < -0.4 is 34.6 Å². The molecule has 0 unspecified atom stereocenters. The van der Waals surface area contributed by atoms with Crippen molar-refractivity contribution < 1.29 is 43.0 Å². The molecule has 0 bridgehead atoms. The summed E-state index contributed by atoms with van der Waals surface area (Å²) in [5.41, 5.74) is 1.17. The van der Waals surface area contributed by atoms with Crippen molar-refractivity contribution in [3.05, 3.63) is 82.2 Å². The molecule has 0 aromatic rings. The van der Waals surface area contributed by atoms with Crippen LogP contribution in [0.2, 0.25) is 0 Å². The maximum absolute atomic E-state index is 11.8. The number of methoxy groups -OCH3 is 2. The van der Waals surface area contributed by atoms with Crippen molar-refractivity contribution in [2.45, 2.75) is 12.8 Å². The summed E-state index contributed by atoms with van der Waals surface area (Å²) in [6, 6.07) is 0. The van der Waals surface area contributed by atoms with Crippen LogP contribution in [-0.4, -0.2) is 84.8 Å². The van der Waals surface area contributed by atoms with Gasteiger partial charge in [-0.1, -0.05) is 12.8 Å². The number of nitrogens with one attached hydrogen (secondary N) is 2. The zero-order valence-electron chi connectivity index (χ0n) is 19.8. The van der Waals surface area contributed by atoms with Crippen molar-refractivity contribution in [1.82, 2.24) is 10.6 Å². The summed E-state index contributed by atoms with van der Waals surface area (Å²) in [5.74, 6) is 1.26. The number of ketones is 2. The fraction of sp³-hybridized carbons (Fsp3) is 0.417. The van der Waals surface area contributed by atoms with Crippen LogP contribution in [0.15, 0.2) is 71.5 Å². The van der Waals surface area contributed by atoms with Gasteiger partial charge in [-0.2, -0.15) is 13.1 Å². The Hall–Kier alpha value is -1.73. The van der Waals surface area contributed by atoms with Crippen LogP contribution >= 0.6 is 0 Å². The molecule has 0 amide bonds. The van der Waals surface area contributed by atoms with Crippen LogP contribution in [-0.2, 0) is 19.1 Å². The van der Waals surface area contributed by atoms with Gasteiger partial charge in [0, 0.05) is 36.6 Å². The molecular formula is C24H32GaIN4O4. The Morgan fingerprint density at radius 1 is 0.735 bits per heavy atom. The van der Waals surface area contributed by atoms with E-state index in [0.29, 0.717) is 35.8 Å². The number of nitrogens with zero attached hydrogens (tertiary/aromatic N) is 2. The van der Waals surface area contributed by atoms with Crippen molar-refractivity contribution in [2.75, 3.05) is 53.5 Å². The van der Waals surface area contributed by atoms with Gasteiger partial charge in [-0.15, -0.1) is 13.1 Å². The van der Waals surface area contributed by atoms with Gasteiger partial charge in [-0.25, -0.2) is 0 Å². The van der Waals surface area contributed by atoms with Crippen LogP contribution in [0.4, 0.5) is 0 Å².